The Morgan fingerprint density at radius 3 is 2.35 bits per heavy atom. The van der Waals surface area contributed by atoms with Gasteiger partial charge >= 0.3 is 0 Å². The third-order valence-corrected chi connectivity index (χ3v) is 3.95. The van der Waals surface area contributed by atoms with Crippen LogP contribution in [0.25, 0.3) is 0 Å². The number of hydrogen-bond acceptors (Lipinski definition) is 3. The summed E-state index contributed by atoms with van der Waals surface area (Å²) in [4.78, 5) is 16.9. The van der Waals surface area contributed by atoms with Crippen molar-refractivity contribution in [2.45, 2.75) is 26.7 Å². The van der Waals surface area contributed by atoms with Crippen molar-refractivity contribution in [3.8, 4) is 0 Å². The predicted molar refractivity (Wildman–Crippen MR) is 87.9 cm³/mol. The lowest BCUT2D eigenvalue weighted by Crippen LogP contribution is -2.52. The zero-order chi connectivity index (χ0) is 13.0. The topological polar surface area (TPSA) is 35.6 Å². The largest absolute Gasteiger partial charge is 0.340 e. The first-order chi connectivity index (χ1) is 8.66. The lowest BCUT2D eigenvalue weighted by atomic mass is 9.98. The first-order valence-electron chi connectivity index (χ1n) is 7.38. The molecule has 0 aliphatic carbocycles. The summed E-state index contributed by atoms with van der Waals surface area (Å²) in [5.41, 5.74) is 0. The van der Waals surface area contributed by atoms with E-state index >= 15 is 0 Å². The van der Waals surface area contributed by atoms with Gasteiger partial charge in [0.1, 0.15) is 0 Å². The first kappa shape index (κ1) is 20.0. The number of rotatable bonds is 3. The molecule has 20 heavy (non-hydrogen) atoms. The third-order valence-electron chi connectivity index (χ3n) is 3.95. The minimum atomic E-state index is 0. The zero-order valence-corrected chi connectivity index (χ0v) is 14.3. The van der Waals surface area contributed by atoms with E-state index < -0.39 is 0 Å². The second-order valence-corrected chi connectivity index (χ2v) is 6.06. The number of halogens is 2. The summed E-state index contributed by atoms with van der Waals surface area (Å²) >= 11 is 0. The normalized spacial score (nSPS) is 23.9. The summed E-state index contributed by atoms with van der Waals surface area (Å²) in [6, 6.07) is 0. The molecule has 1 atom stereocenters. The summed E-state index contributed by atoms with van der Waals surface area (Å²) in [7, 11) is 0. The van der Waals surface area contributed by atoms with E-state index in [1.165, 1.54) is 0 Å². The molecule has 0 saturated carbocycles. The maximum absolute atomic E-state index is 12.3. The second kappa shape index (κ2) is 9.82. The van der Waals surface area contributed by atoms with Crippen molar-refractivity contribution in [3.63, 3.8) is 0 Å². The van der Waals surface area contributed by atoms with E-state index in [4.69, 9.17) is 0 Å². The highest BCUT2D eigenvalue weighted by atomic mass is 35.5. The fourth-order valence-corrected chi connectivity index (χ4v) is 2.99. The molecule has 0 aromatic heterocycles. The molecule has 0 aromatic rings. The molecular weight excluding hydrogens is 297 g/mol. The Bertz CT molecular complexity index is 276. The van der Waals surface area contributed by atoms with Crippen LogP contribution in [0.1, 0.15) is 26.7 Å². The Labute approximate surface area is 135 Å². The molecule has 2 fully saturated rings. The van der Waals surface area contributed by atoms with Crippen molar-refractivity contribution >= 4 is 30.7 Å². The average Bonchev–Trinajstić information content (AvgIpc) is 2.39. The molecule has 2 heterocycles. The maximum atomic E-state index is 12.3. The van der Waals surface area contributed by atoms with Crippen LogP contribution in [0.4, 0.5) is 0 Å². The number of nitrogens with one attached hydrogen (secondary N) is 1. The number of amides is 1. The van der Waals surface area contributed by atoms with Crippen molar-refractivity contribution in [3.05, 3.63) is 0 Å². The fourth-order valence-electron chi connectivity index (χ4n) is 2.99. The summed E-state index contributed by atoms with van der Waals surface area (Å²) in [6.07, 6.45) is 2.21. The highest BCUT2D eigenvalue weighted by Gasteiger charge is 2.28. The molecule has 0 spiro atoms. The number of piperazine rings is 1. The first-order valence-corrected chi connectivity index (χ1v) is 7.38. The molecule has 2 saturated heterocycles. The second-order valence-electron chi connectivity index (χ2n) is 6.06. The van der Waals surface area contributed by atoms with Crippen LogP contribution in [0, 0.1) is 11.8 Å². The standard InChI is InChI=1S/C14H27N3O.2ClH/c1-12(2)11-16-6-8-17(9-7-16)14(18)13-4-3-5-15-10-13;;/h12-13,15H,3-11H2,1-2H3;2*1H/t13-;;/m1../s1. The molecule has 0 bridgehead atoms. The minimum Gasteiger partial charge on any atom is -0.340 e. The molecular formula is C14H29Cl2N3O. The molecule has 0 radical (unpaired) electrons. The van der Waals surface area contributed by atoms with Crippen LogP contribution in [-0.2, 0) is 4.79 Å². The van der Waals surface area contributed by atoms with Crippen molar-refractivity contribution < 1.29 is 4.79 Å². The third kappa shape index (κ3) is 5.76. The van der Waals surface area contributed by atoms with Gasteiger partial charge in [0, 0.05) is 39.3 Å². The number of carbonyl (C=O) groups is 1. The van der Waals surface area contributed by atoms with Crippen LogP contribution >= 0.6 is 24.8 Å². The van der Waals surface area contributed by atoms with Crippen LogP contribution in [-0.4, -0.2) is 61.5 Å². The Morgan fingerprint density at radius 1 is 1.20 bits per heavy atom. The predicted octanol–water partition coefficient (Wildman–Crippen LogP) is 1.63. The highest BCUT2D eigenvalue weighted by molar-refractivity contribution is 5.85. The molecule has 0 aromatic carbocycles. The number of nitrogens with zero attached hydrogens (tertiary/aromatic N) is 2. The van der Waals surface area contributed by atoms with Crippen molar-refractivity contribution in [2.24, 2.45) is 11.8 Å². The van der Waals surface area contributed by atoms with E-state index in [0.717, 1.165) is 64.6 Å². The van der Waals surface area contributed by atoms with Gasteiger partial charge in [-0.25, -0.2) is 0 Å². The molecule has 6 heteroatoms. The van der Waals surface area contributed by atoms with Gasteiger partial charge in [-0.3, -0.25) is 9.69 Å². The molecule has 120 valence electrons. The Balaban J connectivity index is 0.00000180. The van der Waals surface area contributed by atoms with Gasteiger partial charge in [0.25, 0.3) is 0 Å². The van der Waals surface area contributed by atoms with E-state index in [2.05, 4.69) is 29.0 Å². The van der Waals surface area contributed by atoms with Gasteiger partial charge in [-0.05, 0) is 25.3 Å². The van der Waals surface area contributed by atoms with Crippen LogP contribution in [0.3, 0.4) is 0 Å². The summed E-state index contributed by atoms with van der Waals surface area (Å²) in [5, 5.41) is 3.33. The minimum absolute atomic E-state index is 0. The van der Waals surface area contributed by atoms with Gasteiger partial charge in [0.15, 0.2) is 0 Å². The number of piperidine rings is 1. The average molecular weight is 326 g/mol. The van der Waals surface area contributed by atoms with Crippen molar-refractivity contribution in [2.75, 3.05) is 45.8 Å². The molecule has 2 aliphatic rings. The zero-order valence-electron chi connectivity index (χ0n) is 12.6. The summed E-state index contributed by atoms with van der Waals surface area (Å²) in [5.74, 6) is 1.33. The SMILES string of the molecule is CC(C)CN1CCN(C(=O)[C@@H]2CCCNC2)CC1.Cl.Cl. The van der Waals surface area contributed by atoms with Gasteiger partial charge in [-0.15, -0.1) is 24.8 Å². The Hall–Kier alpha value is -0.0300. The lowest BCUT2D eigenvalue weighted by molar-refractivity contribution is -0.137. The van der Waals surface area contributed by atoms with Gasteiger partial charge in [0.2, 0.25) is 5.91 Å². The molecule has 1 N–H and O–H groups in total. The monoisotopic (exact) mass is 325 g/mol. The molecule has 2 rings (SSSR count). The molecule has 4 nitrogen and oxygen atoms in total. The van der Waals surface area contributed by atoms with Crippen LogP contribution < -0.4 is 5.32 Å². The van der Waals surface area contributed by atoms with Crippen LogP contribution in [0.5, 0.6) is 0 Å². The van der Waals surface area contributed by atoms with Gasteiger partial charge < -0.3 is 10.2 Å². The molecule has 2 aliphatic heterocycles. The van der Waals surface area contributed by atoms with Crippen LogP contribution in [0.2, 0.25) is 0 Å². The summed E-state index contributed by atoms with van der Waals surface area (Å²) in [6.45, 7) is 11.6. The van der Waals surface area contributed by atoms with E-state index in [9.17, 15) is 4.79 Å². The van der Waals surface area contributed by atoms with Gasteiger partial charge in [-0.2, -0.15) is 0 Å². The van der Waals surface area contributed by atoms with Crippen LogP contribution in [0.15, 0.2) is 0 Å². The lowest BCUT2D eigenvalue weighted by Gasteiger charge is -2.37. The van der Waals surface area contributed by atoms with E-state index in [1.807, 2.05) is 0 Å². The summed E-state index contributed by atoms with van der Waals surface area (Å²) < 4.78 is 0. The maximum Gasteiger partial charge on any atom is 0.227 e. The van der Waals surface area contributed by atoms with E-state index in [0.29, 0.717) is 5.91 Å². The highest BCUT2D eigenvalue weighted by Crippen LogP contribution is 2.15. The quantitative estimate of drug-likeness (QED) is 0.856. The number of hydrogen-bond donors (Lipinski definition) is 1. The molecule has 1 amide bonds. The number of carbonyl (C=O) groups excluding carboxylic acids is 1. The fraction of sp³-hybridized carbons (Fsp3) is 0.929. The van der Waals surface area contributed by atoms with E-state index in [-0.39, 0.29) is 30.7 Å². The van der Waals surface area contributed by atoms with Crippen molar-refractivity contribution in [1.29, 1.82) is 0 Å². The van der Waals surface area contributed by atoms with E-state index in [1.54, 1.807) is 0 Å². The van der Waals surface area contributed by atoms with Crippen molar-refractivity contribution in [1.82, 2.24) is 15.1 Å². The van der Waals surface area contributed by atoms with Gasteiger partial charge in [-0.1, -0.05) is 13.8 Å². The molecule has 0 unspecified atom stereocenters. The Kier molecular flexibility index (Phi) is 9.81. The Morgan fingerprint density at radius 2 is 1.85 bits per heavy atom. The van der Waals surface area contributed by atoms with Gasteiger partial charge in [0.05, 0.1) is 5.92 Å². The smallest absolute Gasteiger partial charge is 0.227 e.